The summed E-state index contributed by atoms with van der Waals surface area (Å²) in [5.41, 5.74) is 0.753. The first-order valence-electron chi connectivity index (χ1n) is 5.28. The van der Waals surface area contributed by atoms with Gasteiger partial charge in [0.1, 0.15) is 5.15 Å². The maximum atomic E-state index is 12.0. The lowest BCUT2D eigenvalue weighted by atomic mass is 10.3. The Morgan fingerprint density at radius 2 is 2.44 bits per heavy atom. The average molecular weight is 260 g/mol. The third-order valence-electron chi connectivity index (χ3n) is 2.52. The molecule has 6 heteroatoms. The van der Waals surface area contributed by atoms with E-state index in [1.54, 1.807) is 6.07 Å². The SMILES string of the molecule is Cc1cc(Cl)nc([S@@](=O)C[C@@H]2CCCN2)n1. The molecule has 1 N–H and O–H groups in total. The molecular formula is C10H14ClN3OS. The van der Waals surface area contributed by atoms with Gasteiger partial charge < -0.3 is 5.32 Å². The smallest absolute Gasteiger partial charge is 0.220 e. The second-order valence-electron chi connectivity index (χ2n) is 3.92. The predicted octanol–water partition coefficient (Wildman–Crippen LogP) is 1.30. The number of nitrogens with one attached hydrogen (secondary N) is 1. The normalized spacial score (nSPS) is 22.2. The van der Waals surface area contributed by atoms with E-state index in [4.69, 9.17) is 11.6 Å². The van der Waals surface area contributed by atoms with Crippen LogP contribution in [0.15, 0.2) is 11.2 Å². The maximum absolute atomic E-state index is 12.0. The zero-order valence-corrected chi connectivity index (χ0v) is 10.6. The lowest BCUT2D eigenvalue weighted by molar-refractivity contribution is 0.637. The molecule has 1 aromatic heterocycles. The fourth-order valence-corrected chi connectivity index (χ4v) is 3.30. The van der Waals surface area contributed by atoms with Gasteiger partial charge in [0.25, 0.3) is 0 Å². The van der Waals surface area contributed by atoms with Gasteiger partial charge >= 0.3 is 0 Å². The van der Waals surface area contributed by atoms with Crippen LogP contribution >= 0.6 is 11.6 Å². The fraction of sp³-hybridized carbons (Fsp3) is 0.600. The van der Waals surface area contributed by atoms with E-state index in [1.807, 2.05) is 6.92 Å². The summed E-state index contributed by atoms with van der Waals surface area (Å²) in [7, 11) is -1.16. The molecule has 2 heterocycles. The van der Waals surface area contributed by atoms with E-state index >= 15 is 0 Å². The van der Waals surface area contributed by atoms with Gasteiger partial charge in [-0.15, -0.1) is 0 Å². The molecule has 4 nitrogen and oxygen atoms in total. The van der Waals surface area contributed by atoms with Crippen molar-refractivity contribution < 1.29 is 4.21 Å². The number of aromatic nitrogens is 2. The van der Waals surface area contributed by atoms with Crippen LogP contribution in [-0.2, 0) is 10.8 Å². The highest BCUT2D eigenvalue weighted by Gasteiger charge is 2.19. The molecule has 0 spiro atoms. The van der Waals surface area contributed by atoms with Crippen molar-refractivity contribution in [1.29, 1.82) is 0 Å². The summed E-state index contributed by atoms with van der Waals surface area (Å²) in [5, 5.41) is 4.01. The second-order valence-corrected chi connectivity index (χ2v) is 5.70. The third-order valence-corrected chi connectivity index (χ3v) is 4.01. The van der Waals surface area contributed by atoms with Gasteiger partial charge in [-0.25, -0.2) is 9.97 Å². The number of hydrogen-bond donors (Lipinski definition) is 1. The summed E-state index contributed by atoms with van der Waals surface area (Å²) in [6.45, 7) is 2.83. The van der Waals surface area contributed by atoms with Crippen molar-refractivity contribution in [2.24, 2.45) is 0 Å². The van der Waals surface area contributed by atoms with Crippen LogP contribution in [0.4, 0.5) is 0 Å². The molecule has 88 valence electrons. The zero-order valence-electron chi connectivity index (χ0n) is 9.07. The van der Waals surface area contributed by atoms with Gasteiger partial charge in [0, 0.05) is 17.5 Å². The van der Waals surface area contributed by atoms with Gasteiger partial charge in [0.05, 0.1) is 10.8 Å². The van der Waals surface area contributed by atoms with Gasteiger partial charge in [-0.3, -0.25) is 4.21 Å². The summed E-state index contributed by atoms with van der Waals surface area (Å²) in [5.74, 6) is 0.569. The summed E-state index contributed by atoms with van der Waals surface area (Å²) in [4.78, 5) is 8.15. The Morgan fingerprint density at radius 3 is 3.06 bits per heavy atom. The summed E-state index contributed by atoms with van der Waals surface area (Å²) >= 11 is 5.81. The maximum Gasteiger partial charge on any atom is 0.220 e. The molecule has 0 radical (unpaired) electrons. The lowest BCUT2D eigenvalue weighted by Crippen LogP contribution is -2.28. The fourth-order valence-electron chi connectivity index (χ4n) is 1.76. The lowest BCUT2D eigenvalue weighted by Gasteiger charge is -2.08. The molecule has 0 saturated carbocycles. The Bertz CT molecular complexity index is 387. The number of nitrogens with zero attached hydrogens (tertiary/aromatic N) is 2. The van der Waals surface area contributed by atoms with E-state index in [2.05, 4.69) is 15.3 Å². The van der Waals surface area contributed by atoms with Crippen molar-refractivity contribution in [3.8, 4) is 0 Å². The van der Waals surface area contributed by atoms with Crippen molar-refractivity contribution in [2.45, 2.75) is 31.0 Å². The molecule has 0 bridgehead atoms. The highest BCUT2D eigenvalue weighted by atomic mass is 35.5. The summed E-state index contributed by atoms with van der Waals surface area (Å²) in [6, 6.07) is 1.99. The van der Waals surface area contributed by atoms with Gasteiger partial charge in [-0.2, -0.15) is 0 Å². The van der Waals surface area contributed by atoms with Crippen LogP contribution in [0.1, 0.15) is 18.5 Å². The first kappa shape index (κ1) is 12.0. The van der Waals surface area contributed by atoms with Crippen molar-refractivity contribution in [1.82, 2.24) is 15.3 Å². The molecule has 1 aromatic rings. The highest BCUT2D eigenvalue weighted by molar-refractivity contribution is 7.84. The van der Waals surface area contributed by atoms with E-state index in [0.29, 0.717) is 22.1 Å². The Morgan fingerprint density at radius 1 is 1.62 bits per heavy atom. The number of halogens is 1. The van der Waals surface area contributed by atoms with E-state index in [0.717, 1.165) is 25.1 Å². The number of rotatable bonds is 3. The Kier molecular flexibility index (Phi) is 3.89. The molecule has 1 aliphatic rings. The molecule has 1 fully saturated rings. The van der Waals surface area contributed by atoms with E-state index in [-0.39, 0.29) is 0 Å². The van der Waals surface area contributed by atoms with Crippen LogP contribution in [0, 0.1) is 6.92 Å². The van der Waals surface area contributed by atoms with E-state index in [9.17, 15) is 4.21 Å². The minimum Gasteiger partial charge on any atom is -0.313 e. The summed E-state index contributed by atoms with van der Waals surface area (Å²) < 4.78 is 12.0. The van der Waals surface area contributed by atoms with Gasteiger partial charge in [-0.05, 0) is 32.4 Å². The second kappa shape index (κ2) is 5.21. The molecule has 1 saturated heterocycles. The quantitative estimate of drug-likeness (QED) is 0.657. The third kappa shape index (κ3) is 2.99. The molecule has 1 aliphatic heterocycles. The first-order chi connectivity index (χ1) is 7.65. The molecule has 0 aliphatic carbocycles. The summed E-state index contributed by atoms with van der Waals surface area (Å²) in [6.07, 6.45) is 2.22. The molecule has 0 amide bonds. The van der Waals surface area contributed by atoms with E-state index in [1.165, 1.54) is 0 Å². The minimum atomic E-state index is -1.16. The Balaban J connectivity index is 2.07. The van der Waals surface area contributed by atoms with Crippen LogP contribution in [0.3, 0.4) is 0 Å². The predicted molar refractivity (Wildman–Crippen MR) is 64.1 cm³/mol. The topological polar surface area (TPSA) is 54.9 Å². The van der Waals surface area contributed by atoms with Crippen LogP contribution in [-0.4, -0.2) is 32.5 Å². The van der Waals surface area contributed by atoms with Crippen LogP contribution in [0.5, 0.6) is 0 Å². The van der Waals surface area contributed by atoms with Crippen molar-refractivity contribution in [3.05, 3.63) is 16.9 Å². The monoisotopic (exact) mass is 259 g/mol. The number of aryl methyl sites for hydroxylation is 1. The molecule has 0 unspecified atom stereocenters. The standard InChI is InChI=1S/C10H14ClN3OS/c1-7-5-9(11)14-10(13-7)16(15)6-8-3-2-4-12-8/h5,8,12H,2-4,6H2,1H3/t8-,16-/m0/s1. The van der Waals surface area contributed by atoms with Crippen molar-refractivity contribution in [3.63, 3.8) is 0 Å². The van der Waals surface area contributed by atoms with Crippen LogP contribution in [0.25, 0.3) is 0 Å². The van der Waals surface area contributed by atoms with Gasteiger partial charge in [-0.1, -0.05) is 11.6 Å². The largest absolute Gasteiger partial charge is 0.313 e. The van der Waals surface area contributed by atoms with Crippen LogP contribution < -0.4 is 5.32 Å². The van der Waals surface area contributed by atoms with Gasteiger partial charge in [0.15, 0.2) is 0 Å². The number of hydrogen-bond acceptors (Lipinski definition) is 4. The zero-order chi connectivity index (χ0) is 11.5. The average Bonchev–Trinajstić information content (AvgIpc) is 2.68. The highest BCUT2D eigenvalue weighted by Crippen LogP contribution is 2.12. The first-order valence-corrected chi connectivity index (χ1v) is 6.98. The molecule has 2 atom stereocenters. The molecule has 0 aromatic carbocycles. The van der Waals surface area contributed by atoms with Crippen molar-refractivity contribution >= 4 is 22.4 Å². The molecule has 16 heavy (non-hydrogen) atoms. The van der Waals surface area contributed by atoms with E-state index < -0.39 is 10.8 Å². The Hall–Kier alpha value is -0.520. The minimum absolute atomic E-state index is 0.323. The Labute approximate surface area is 102 Å². The van der Waals surface area contributed by atoms with Crippen LogP contribution in [0.2, 0.25) is 5.15 Å². The molecular weight excluding hydrogens is 246 g/mol. The van der Waals surface area contributed by atoms with Crippen molar-refractivity contribution in [2.75, 3.05) is 12.3 Å². The van der Waals surface area contributed by atoms with Gasteiger partial charge in [0.2, 0.25) is 5.16 Å². The molecule has 2 rings (SSSR count).